The van der Waals surface area contributed by atoms with Gasteiger partial charge in [-0.1, -0.05) is 65.6 Å². The average molecular weight is 384 g/mol. The summed E-state index contributed by atoms with van der Waals surface area (Å²) in [6.45, 7) is 1.92. The normalized spacial score (nSPS) is 13.3. The summed E-state index contributed by atoms with van der Waals surface area (Å²) in [5, 5.41) is 2.07. The zero-order valence-corrected chi connectivity index (χ0v) is 15.0. The molecule has 1 aromatic heterocycles. The molecule has 0 saturated carbocycles. The van der Waals surface area contributed by atoms with Gasteiger partial charge in [0.25, 0.3) is 0 Å². The Bertz CT molecular complexity index is 594. The zero-order chi connectivity index (χ0) is 15.5. The van der Waals surface area contributed by atoms with Crippen LogP contribution in [0.15, 0.2) is 28.6 Å². The third-order valence-corrected chi connectivity index (χ3v) is 5.97. The highest BCUT2D eigenvalue weighted by molar-refractivity contribution is 8.02. The van der Waals surface area contributed by atoms with Gasteiger partial charge in [0, 0.05) is 6.42 Å². The van der Waals surface area contributed by atoms with Gasteiger partial charge in [0.05, 0.1) is 10.2 Å². The first-order valence-electron chi connectivity index (χ1n) is 6.28. The molecule has 2 rings (SSSR count). The maximum Gasteiger partial charge on any atom is 0.220 e. The van der Waals surface area contributed by atoms with Gasteiger partial charge in [-0.05, 0) is 18.6 Å². The van der Waals surface area contributed by atoms with Crippen molar-refractivity contribution in [1.82, 2.24) is 10.3 Å². The maximum absolute atomic E-state index is 11.7. The van der Waals surface area contributed by atoms with E-state index in [1.54, 1.807) is 0 Å². The first-order valence-corrected chi connectivity index (χ1v) is 9.11. The fourth-order valence-corrected chi connectivity index (χ4v) is 4.31. The van der Waals surface area contributed by atoms with Crippen molar-refractivity contribution in [2.75, 3.05) is 0 Å². The number of nitrogens with zero attached hydrogens (tertiary/aromatic N) is 1. The topological polar surface area (TPSA) is 42.0 Å². The Morgan fingerprint density at radius 3 is 2.76 bits per heavy atom. The Morgan fingerprint density at radius 1 is 1.43 bits per heavy atom. The molecule has 0 bridgehead atoms. The third-order valence-electron chi connectivity index (χ3n) is 2.56. The fraction of sp³-hybridized carbons (Fsp3) is 0.385. The van der Waals surface area contributed by atoms with Crippen LogP contribution in [0, 0.1) is 0 Å². The number of hydrogen-bond donors (Lipinski definition) is 1. The van der Waals surface area contributed by atoms with Crippen molar-refractivity contribution in [3.8, 4) is 0 Å². The molecule has 1 N–H and O–H groups in total. The molecule has 1 amide bonds. The predicted molar refractivity (Wildman–Crippen MR) is 92.6 cm³/mol. The van der Waals surface area contributed by atoms with Gasteiger partial charge < -0.3 is 5.32 Å². The summed E-state index contributed by atoms with van der Waals surface area (Å²) in [6, 6.07) is 7.78. The molecule has 1 heterocycles. The number of para-hydroxylation sites is 1. The van der Waals surface area contributed by atoms with E-state index in [-0.39, 0.29) is 5.91 Å². The highest BCUT2D eigenvalue weighted by Crippen LogP contribution is 2.41. The van der Waals surface area contributed by atoms with Crippen molar-refractivity contribution in [3.05, 3.63) is 24.3 Å². The Kier molecular flexibility index (Phi) is 6.03. The number of nitrogens with one attached hydrogen (secondary N) is 1. The number of amides is 1. The van der Waals surface area contributed by atoms with Crippen molar-refractivity contribution in [2.45, 2.75) is 33.3 Å². The van der Waals surface area contributed by atoms with Crippen molar-refractivity contribution >= 4 is 74.0 Å². The van der Waals surface area contributed by atoms with Crippen LogP contribution in [-0.2, 0) is 4.79 Å². The minimum absolute atomic E-state index is 0.137. The molecule has 1 aromatic carbocycles. The van der Waals surface area contributed by atoms with Crippen LogP contribution in [0.3, 0.4) is 0 Å². The largest absolute Gasteiger partial charge is 0.340 e. The molecular formula is C13H13Cl3N2OS2. The average Bonchev–Trinajstić information content (AvgIpc) is 2.79. The summed E-state index contributed by atoms with van der Waals surface area (Å²) < 4.78 is 0.207. The molecule has 0 saturated heterocycles. The molecule has 0 fully saturated rings. The summed E-state index contributed by atoms with van der Waals surface area (Å²) >= 11 is 20.7. The molecule has 114 valence electrons. The van der Waals surface area contributed by atoms with Crippen LogP contribution < -0.4 is 5.32 Å². The lowest BCUT2D eigenvalue weighted by Crippen LogP contribution is -2.41. The number of carbonyl (C=O) groups is 1. The van der Waals surface area contributed by atoms with Crippen LogP contribution in [0.4, 0.5) is 0 Å². The Morgan fingerprint density at radius 2 is 2.14 bits per heavy atom. The number of hydrogen-bond acceptors (Lipinski definition) is 4. The van der Waals surface area contributed by atoms with E-state index in [1.807, 2.05) is 31.2 Å². The molecule has 21 heavy (non-hydrogen) atoms. The lowest BCUT2D eigenvalue weighted by molar-refractivity contribution is -0.121. The molecular weight excluding hydrogens is 371 g/mol. The van der Waals surface area contributed by atoms with E-state index < -0.39 is 9.17 Å². The first kappa shape index (κ1) is 17.2. The van der Waals surface area contributed by atoms with Crippen LogP contribution in [0.25, 0.3) is 10.2 Å². The fourth-order valence-electron chi connectivity index (χ4n) is 1.63. The molecule has 0 aliphatic rings. The summed E-state index contributed by atoms with van der Waals surface area (Å²) in [4.78, 5) is 16.2. The van der Waals surface area contributed by atoms with E-state index in [2.05, 4.69) is 10.3 Å². The second-order valence-corrected chi connectivity index (χ2v) is 9.06. The van der Waals surface area contributed by atoms with Gasteiger partial charge in [-0.3, -0.25) is 4.79 Å². The van der Waals surface area contributed by atoms with Crippen LogP contribution in [-0.4, -0.2) is 20.1 Å². The monoisotopic (exact) mass is 382 g/mol. The summed E-state index contributed by atoms with van der Waals surface area (Å²) in [7, 11) is 0. The molecule has 1 atom stereocenters. The third kappa shape index (κ3) is 4.89. The standard InChI is InChI=1S/C13H13Cl3N2OS2/c1-2-5-10(19)18-11(13(14,15)16)21-12-17-8-6-3-4-7-9(8)20-12/h3-4,6-7,11H,2,5H2,1H3,(H,18,19)/t11-/m0/s1. The minimum atomic E-state index is -1.61. The highest BCUT2D eigenvalue weighted by Gasteiger charge is 2.35. The van der Waals surface area contributed by atoms with Gasteiger partial charge in [0.2, 0.25) is 9.70 Å². The zero-order valence-electron chi connectivity index (χ0n) is 11.1. The smallest absolute Gasteiger partial charge is 0.220 e. The number of thioether (sulfide) groups is 1. The molecule has 0 aliphatic heterocycles. The summed E-state index contributed by atoms with van der Waals surface area (Å²) in [5.41, 5.74) is 0.896. The van der Waals surface area contributed by atoms with Gasteiger partial charge in [-0.15, -0.1) is 11.3 Å². The van der Waals surface area contributed by atoms with Gasteiger partial charge in [0.15, 0.2) is 4.34 Å². The number of fused-ring (bicyclic) bond motifs is 1. The molecule has 8 heteroatoms. The van der Waals surface area contributed by atoms with E-state index in [4.69, 9.17) is 34.8 Å². The second-order valence-electron chi connectivity index (χ2n) is 4.30. The molecule has 0 spiro atoms. The summed E-state index contributed by atoms with van der Waals surface area (Å²) in [6.07, 6.45) is 1.14. The van der Waals surface area contributed by atoms with Crippen LogP contribution in [0.5, 0.6) is 0 Å². The Labute approximate surface area is 146 Å². The number of carbonyl (C=O) groups excluding carboxylic acids is 1. The second kappa shape index (κ2) is 7.38. The molecule has 0 radical (unpaired) electrons. The lowest BCUT2D eigenvalue weighted by Gasteiger charge is -2.23. The molecule has 2 aromatic rings. The summed E-state index contributed by atoms with van der Waals surface area (Å²) in [5.74, 6) is -0.137. The van der Waals surface area contributed by atoms with Crippen LogP contribution in [0.2, 0.25) is 0 Å². The Hall–Kier alpha value is -0.200. The van der Waals surface area contributed by atoms with Crippen LogP contribution >= 0.6 is 57.9 Å². The van der Waals surface area contributed by atoms with Crippen LogP contribution in [0.1, 0.15) is 19.8 Å². The van der Waals surface area contributed by atoms with E-state index in [9.17, 15) is 4.79 Å². The number of aromatic nitrogens is 1. The van der Waals surface area contributed by atoms with Gasteiger partial charge in [-0.2, -0.15) is 0 Å². The maximum atomic E-state index is 11.7. The van der Waals surface area contributed by atoms with Gasteiger partial charge >= 0.3 is 0 Å². The quantitative estimate of drug-likeness (QED) is 0.449. The number of alkyl halides is 3. The van der Waals surface area contributed by atoms with Crippen molar-refractivity contribution in [3.63, 3.8) is 0 Å². The lowest BCUT2D eigenvalue weighted by atomic mass is 10.3. The molecule has 3 nitrogen and oxygen atoms in total. The first-order chi connectivity index (χ1) is 9.90. The van der Waals surface area contributed by atoms with E-state index in [1.165, 1.54) is 23.1 Å². The number of thiazole rings is 1. The number of halogens is 3. The Balaban J connectivity index is 2.16. The predicted octanol–water partition coefficient (Wildman–Crippen LogP) is 5.00. The van der Waals surface area contributed by atoms with Crippen molar-refractivity contribution in [2.24, 2.45) is 0 Å². The van der Waals surface area contributed by atoms with Crippen molar-refractivity contribution in [1.29, 1.82) is 0 Å². The van der Waals surface area contributed by atoms with E-state index in [0.29, 0.717) is 6.42 Å². The molecule has 0 aliphatic carbocycles. The SMILES string of the molecule is CCCC(=O)N[C@@H](Sc1nc2ccccc2s1)C(Cl)(Cl)Cl. The van der Waals surface area contributed by atoms with E-state index >= 15 is 0 Å². The number of rotatable bonds is 5. The van der Waals surface area contributed by atoms with Gasteiger partial charge in [0.1, 0.15) is 5.37 Å². The van der Waals surface area contributed by atoms with E-state index in [0.717, 1.165) is 21.0 Å². The highest BCUT2D eigenvalue weighted by atomic mass is 35.6. The minimum Gasteiger partial charge on any atom is -0.340 e. The van der Waals surface area contributed by atoms with Crippen molar-refractivity contribution < 1.29 is 4.79 Å². The molecule has 0 unspecified atom stereocenters. The number of benzene rings is 1. The van der Waals surface area contributed by atoms with Gasteiger partial charge in [-0.25, -0.2) is 4.98 Å².